The molecule has 0 aliphatic carbocycles. The van der Waals surface area contributed by atoms with Crippen molar-refractivity contribution in [1.82, 2.24) is 9.55 Å². The van der Waals surface area contributed by atoms with Gasteiger partial charge in [-0.3, -0.25) is 9.56 Å². The number of thioether (sulfide) groups is 1. The first kappa shape index (κ1) is 19.5. The molecule has 1 unspecified atom stereocenters. The van der Waals surface area contributed by atoms with Crippen molar-refractivity contribution < 1.29 is 13.5 Å². The summed E-state index contributed by atoms with van der Waals surface area (Å²) in [5.41, 5.74) is 3.58. The van der Waals surface area contributed by atoms with E-state index < -0.39 is 0 Å². The summed E-state index contributed by atoms with van der Waals surface area (Å²) in [4.78, 5) is 10.2. The highest BCUT2D eigenvalue weighted by Gasteiger charge is 2.16. The van der Waals surface area contributed by atoms with E-state index in [0.29, 0.717) is 17.5 Å². The molecule has 0 saturated carbocycles. The molecule has 1 fully saturated rings. The Morgan fingerprint density at radius 3 is 2.87 bits per heavy atom. The fraction of sp³-hybridized carbons (Fsp3) is 0.273. The van der Waals surface area contributed by atoms with Crippen LogP contribution in [0.3, 0.4) is 0 Å². The summed E-state index contributed by atoms with van der Waals surface area (Å²) in [7, 11) is 0. The van der Waals surface area contributed by atoms with E-state index in [-0.39, 0.29) is 11.9 Å². The molecule has 30 heavy (non-hydrogen) atoms. The lowest BCUT2D eigenvalue weighted by atomic mass is 10.2. The van der Waals surface area contributed by atoms with Crippen LogP contribution in [0.5, 0.6) is 0 Å². The highest BCUT2D eigenvalue weighted by atomic mass is 32.2. The zero-order chi connectivity index (χ0) is 20.3. The van der Waals surface area contributed by atoms with Crippen molar-refractivity contribution in [2.75, 3.05) is 13.2 Å². The van der Waals surface area contributed by atoms with E-state index in [1.54, 1.807) is 23.5 Å². The van der Waals surface area contributed by atoms with Crippen LogP contribution in [-0.4, -0.2) is 28.8 Å². The van der Waals surface area contributed by atoms with Crippen molar-refractivity contribution in [3.05, 3.63) is 70.2 Å². The van der Waals surface area contributed by atoms with Crippen molar-refractivity contribution in [3.63, 3.8) is 0 Å². The summed E-state index contributed by atoms with van der Waals surface area (Å²) in [5, 5.41) is 2.72. The van der Waals surface area contributed by atoms with E-state index in [1.165, 1.54) is 23.9 Å². The number of rotatable bonds is 6. The average molecular weight is 442 g/mol. The van der Waals surface area contributed by atoms with Gasteiger partial charge in [-0.25, -0.2) is 9.37 Å². The maximum atomic E-state index is 13.5. The van der Waals surface area contributed by atoms with E-state index >= 15 is 0 Å². The van der Waals surface area contributed by atoms with Crippen LogP contribution in [0.4, 0.5) is 4.39 Å². The molecule has 3 heterocycles. The minimum atomic E-state index is -0.255. The summed E-state index contributed by atoms with van der Waals surface area (Å²) in [5.74, 6) is 0.408. The molecule has 0 N–H and O–H groups in total. The molecule has 2 aromatic heterocycles. The number of thiazole rings is 1. The predicted molar refractivity (Wildman–Crippen MR) is 117 cm³/mol. The van der Waals surface area contributed by atoms with Gasteiger partial charge in [0.25, 0.3) is 5.22 Å². The van der Waals surface area contributed by atoms with E-state index in [2.05, 4.69) is 14.9 Å². The molecule has 1 aliphatic heterocycles. The highest BCUT2D eigenvalue weighted by molar-refractivity contribution is 7.98. The standard InChI is InChI=1S/C22H20FN3O2S2/c23-15-7-9-16(10-8-15)26-17(13-29-21(26)24-12-18-4-3-11-27-18)14-30-22-25-19-5-1-2-6-20(19)28-22/h1-2,5-10,13,18H,3-4,11-12,14H2. The molecule has 0 spiro atoms. The largest absolute Gasteiger partial charge is 0.431 e. The smallest absolute Gasteiger partial charge is 0.257 e. The van der Waals surface area contributed by atoms with E-state index in [4.69, 9.17) is 14.1 Å². The molecule has 2 aromatic carbocycles. The molecule has 4 aromatic rings. The maximum Gasteiger partial charge on any atom is 0.257 e. The molecule has 8 heteroatoms. The number of ether oxygens (including phenoxy) is 1. The van der Waals surface area contributed by atoms with Gasteiger partial charge in [-0.05, 0) is 49.2 Å². The van der Waals surface area contributed by atoms with Crippen LogP contribution in [0.15, 0.2) is 68.5 Å². The molecular weight excluding hydrogens is 421 g/mol. The van der Waals surface area contributed by atoms with Crippen molar-refractivity contribution in [2.45, 2.75) is 29.9 Å². The number of nitrogens with zero attached hydrogens (tertiary/aromatic N) is 3. The van der Waals surface area contributed by atoms with Gasteiger partial charge < -0.3 is 9.15 Å². The fourth-order valence-electron chi connectivity index (χ4n) is 3.44. The number of oxazole rings is 1. The number of hydrogen-bond acceptors (Lipinski definition) is 6. The van der Waals surface area contributed by atoms with Crippen molar-refractivity contribution in [1.29, 1.82) is 0 Å². The molecular formula is C22H20FN3O2S2. The van der Waals surface area contributed by atoms with Crippen LogP contribution >= 0.6 is 23.1 Å². The number of hydrogen-bond donors (Lipinski definition) is 0. The first-order chi connectivity index (χ1) is 14.8. The average Bonchev–Trinajstić information content (AvgIpc) is 3.50. The third-order valence-corrected chi connectivity index (χ3v) is 6.71. The van der Waals surface area contributed by atoms with E-state index in [0.717, 1.165) is 46.7 Å². The normalized spacial score (nSPS) is 17.2. The van der Waals surface area contributed by atoms with Gasteiger partial charge in [0, 0.05) is 29.1 Å². The number of benzene rings is 2. The second kappa shape index (κ2) is 8.75. The predicted octanol–water partition coefficient (Wildman–Crippen LogP) is 5.19. The lowest BCUT2D eigenvalue weighted by molar-refractivity contribution is 0.117. The highest BCUT2D eigenvalue weighted by Crippen LogP contribution is 2.27. The van der Waals surface area contributed by atoms with E-state index in [1.807, 2.05) is 24.3 Å². The molecule has 5 rings (SSSR count). The van der Waals surface area contributed by atoms with Gasteiger partial charge in [0.2, 0.25) is 0 Å². The van der Waals surface area contributed by atoms with Crippen LogP contribution in [-0.2, 0) is 10.5 Å². The van der Waals surface area contributed by atoms with Crippen LogP contribution in [0.25, 0.3) is 16.8 Å². The number of para-hydroxylation sites is 2. The number of fused-ring (bicyclic) bond motifs is 1. The molecule has 0 bridgehead atoms. The Morgan fingerprint density at radius 1 is 1.20 bits per heavy atom. The lowest BCUT2D eigenvalue weighted by Gasteiger charge is -2.09. The molecule has 0 amide bonds. The first-order valence-corrected chi connectivity index (χ1v) is 11.7. The molecule has 1 atom stereocenters. The molecule has 1 aliphatic rings. The Labute approximate surface area is 181 Å². The summed E-state index contributed by atoms with van der Waals surface area (Å²) < 4.78 is 27.1. The Kier molecular flexibility index (Phi) is 5.70. The molecule has 1 saturated heterocycles. The molecule has 5 nitrogen and oxygen atoms in total. The van der Waals surface area contributed by atoms with Crippen LogP contribution in [0, 0.1) is 5.82 Å². The molecule has 0 radical (unpaired) electrons. The fourth-order valence-corrected chi connectivity index (χ4v) is 5.25. The van der Waals surface area contributed by atoms with Gasteiger partial charge in [0.1, 0.15) is 11.3 Å². The van der Waals surface area contributed by atoms with Gasteiger partial charge in [0.15, 0.2) is 10.4 Å². The van der Waals surface area contributed by atoms with E-state index in [9.17, 15) is 4.39 Å². The Morgan fingerprint density at radius 2 is 2.07 bits per heavy atom. The summed E-state index contributed by atoms with van der Waals surface area (Å²) in [6.07, 6.45) is 2.33. The quantitative estimate of drug-likeness (QED) is 0.386. The van der Waals surface area contributed by atoms with Gasteiger partial charge in [-0.1, -0.05) is 23.9 Å². The Balaban J connectivity index is 1.44. The van der Waals surface area contributed by atoms with Gasteiger partial charge in [0.05, 0.1) is 12.6 Å². The number of aromatic nitrogens is 2. The topological polar surface area (TPSA) is 52.5 Å². The third-order valence-electron chi connectivity index (χ3n) is 4.94. The minimum Gasteiger partial charge on any atom is -0.431 e. The lowest BCUT2D eigenvalue weighted by Crippen LogP contribution is -2.19. The van der Waals surface area contributed by atoms with Crippen LogP contribution < -0.4 is 4.80 Å². The number of halogens is 1. The zero-order valence-electron chi connectivity index (χ0n) is 16.2. The summed E-state index contributed by atoms with van der Waals surface area (Å²) in [6, 6.07) is 14.2. The second-order valence-corrected chi connectivity index (χ2v) is 8.80. The summed E-state index contributed by atoms with van der Waals surface area (Å²) >= 11 is 3.12. The SMILES string of the molecule is Fc1ccc(-n2c(CSc3nc4ccccc4o3)csc2=NCC2CCCO2)cc1. The minimum absolute atomic E-state index is 0.186. The summed E-state index contributed by atoms with van der Waals surface area (Å²) in [6.45, 7) is 1.45. The van der Waals surface area contributed by atoms with Crippen LogP contribution in [0.1, 0.15) is 18.5 Å². The zero-order valence-corrected chi connectivity index (χ0v) is 17.8. The monoisotopic (exact) mass is 441 g/mol. The maximum absolute atomic E-state index is 13.5. The van der Waals surface area contributed by atoms with Crippen molar-refractivity contribution in [3.8, 4) is 5.69 Å². The van der Waals surface area contributed by atoms with Crippen LogP contribution in [0.2, 0.25) is 0 Å². The van der Waals surface area contributed by atoms with Crippen molar-refractivity contribution >= 4 is 34.2 Å². The third kappa shape index (κ3) is 4.21. The first-order valence-electron chi connectivity index (χ1n) is 9.82. The van der Waals surface area contributed by atoms with Gasteiger partial charge >= 0.3 is 0 Å². The Hall–Kier alpha value is -2.42. The molecule has 154 valence electrons. The van der Waals surface area contributed by atoms with Crippen molar-refractivity contribution in [2.24, 2.45) is 4.99 Å². The second-order valence-electron chi connectivity index (χ2n) is 7.03. The van der Waals surface area contributed by atoms with Gasteiger partial charge in [-0.15, -0.1) is 11.3 Å². The van der Waals surface area contributed by atoms with Gasteiger partial charge in [-0.2, -0.15) is 0 Å². The Bertz CT molecular complexity index is 1170.